The molecule has 0 saturated carbocycles. The van der Waals surface area contributed by atoms with Crippen molar-refractivity contribution in [3.8, 4) is 0 Å². The van der Waals surface area contributed by atoms with Gasteiger partial charge in [-0.15, -0.1) is 28.3 Å². The summed E-state index contributed by atoms with van der Waals surface area (Å²) in [6.07, 6.45) is 2.48. The lowest BCUT2D eigenvalue weighted by Gasteiger charge is -2.11. The molecule has 0 bridgehead atoms. The van der Waals surface area contributed by atoms with Crippen LogP contribution in [0.1, 0.15) is 39.1 Å². The zero-order valence-corrected chi connectivity index (χ0v) is 16.8. The van der Waals surface area contributed by atoms with E-state index in [-0.39, 0.29) is 22.7 Å². The zero-order valence-electron chi connectivity index (χ0n) is 14.2. The van der Waals surface area contributed by atoms with Crippen LogP contribution in [0.2, 0.25) is 0 Å². The van der Waals surface area contributed by atoms with Crippen molar-refractivity contribution in [3.05, 3.63) is 44.9 Å². The maximum Gasteiger partial charge on any atom is 0.355 e. The van der Waals surface area contributed by atoms with Crippen molar-refractivity contribution >= 4 is 46.3 Å². The Balaban J connectivity index is 0.00000288. The van der Waals surface area contributed by atoms with Gasteiger partial charge in [-0.05, 0) is 43.5 Å². The number of halogens is 1. The highest BCUT2D eigenvalue weighted by atomic mass is 79.9. The second-order valence-corrected chi connectivity index (χ2v) is 6.43. The molecule has 5 nitrogen and oxygen atoms in total. The van der Waals surface area contributed by atoms with E-state index < -0.39 is 5.97 Å². The molecule has 0 aliphatic carbocycles. The average molecular weight is 412 g/mol. The molecule has 0 aliphatic rings. The molecule has 1 aromatic carbocycles. The Hall–Kier alpha value is -1.73. The van der Waals surface area contributed by atoms with Crippen molar-refractivity contribution in [2.75, 3.05) is 13.6 Å². The van der Waals surface area contributed by atoms with Gasteiger partial charge < -0.3 is 10.0 Å². The molecule has 0 radical (unpaired) electrons. The number of carbonyl (C=O) groups is 1. The second kappa shape index (κ2) is 8.94. The van der Waals surface area contributed by atoms with Crippen LogP contribution in [-0.2, 0) is 6.42 Å². The molecule has 0 amide bonds. The number of thiazole rings is 1. The number of aromatic carboxylic acids is 1. The van der Waals surface area contributed by atoms with Crippen LogP contribution in [0.5, 0.6) is 0 Å². The van der Waals surface area contributed by atoms with Gasteiger partial charge in [-0.25, -0.2) is 14.8 Å². The van der Waals surface area contributed by atoms with Crippen molar-refractivity contribution < 1.29 is 9.90 Å². The molecule has 0 unspecified atom stereocenters. The fraction of sp³-hybridized carbons (Fsp3) is 0.353. The van der Waals surface area contributed by atoms with Crippen molar-refractivity contribution in [3.63, 3.8) is 0 Å². The minimum Gasteiger partial charge on any atom is -0.476 e. The summed E-state index contributed by atoms with van der Waals surface area (Å²) >= 11 is 1.38. The van der Waals surface area contributed by atoms with E-state index in [2.05, 4.69) is 29.0 Å². The number of hydrogen-bond acceptors (Lipinski definition) is 4. The van der Waals surface area contributed by atoms with Crippen molar-refractivity contribution in [2.45, 2.75) is 27.2 Å². The van der Waals surface area contributed by atoms with E-state index in [1.54, 1.807) is 5.38 Å². The quantitative estimate of drug-likeness (QED) is 0.570. The van der Waals surface area contributed by atoms with Gasteiger partial charge in [0.05, 0.1) is 17.0 Å². The van der Waals surface area contributed by atoms with Crippen LogP contribution < -0.4 is 0 Å². The molecule has 2 rings (SSSR count). The SMILES string of the molecule is Br.CCN(C)/C=N/c1cc(C)c(Cc2nc(C(=O)O)cs2)cc1C. The minimum absolute atomic E-state index is 0. The highest BCUT2D eigenvalue weighted by Crippen LogP contribution is 2.25. The van der Waals surface area contributed by atoms with Crippen LogP contribution in [0.25, 0.3) is 0 Å². The highest BCUT2D eigenvalue weighted by molar-refractivity contribution is 8.93. The van der Waals surface area contributed by atoms with Crippen LogP contribution >= 0.6 is 28.3 Å². The van der Waals surface area contributed by atoms with Gasteiger partial charge in [0.2, 0.25) is 0 Å². The smallest absolute Gasteiger partial charge is 0.355 e. The van der Waals surface area contributed by atoms with Gasteiger partial charge in [-0.3, -0.25) is 0 Å². The number of aryl methyl sites for hydroxylation is 2. The van der Waals surface area contributed by atoms with E-state index in [1.165, 1.54) is 11.3 Å². The molecule has 1 aromatic heterocycles. The number of benzene rings is 1. The predicted octanol–water partition coefficient (Wildman–Crippen LogP) is 4.24. The van der Waals surface area contributed by atoms with E-state index in [1.807, 2.05) is 32.1 Å². The maximum atomic E-state index is 10.9. The molecule has 0 spiro atoms. The summed E-state index contributed by atoms with van der Waals surface area (Å²) in [4.78, 5) is 21.6. The molecule has 24 heavy (non-hydrogen) atoms. The lowest BCUT2D eigenvalue weighted by molar-refractivity contribution is 0.0691. The molecule has 1 heterocycles. The Morgan fingerprint density at radius 1 is 1.38 bits per heavy atom. The third-order valence-electron chi connectivity index (χ3n) is 3.66. The summed E-state index contributed by atoms with van der Waals surface area (Å²) in [5.74, 6) is -0.981. The molecule has 1 N–H and O–H groups in total. The largest absolute Gasteiger partial charge is 0.476 e. The van der Waals surface area contributed by atoms with Crippen LogP contribution in [0.3, 0.4) is 0 Å². The first-order chi connectivity index (χ1) is 10.9. The molecular weight excluding hydrogens is 390 g/mol. The second-order valence-electron chi connectivity index (χ2n) is 5.49. The Bertz CT molecular complexity index is 743. The first-order valence-electron chi connectivity index (χ1n) is 7.43. The summed E-state index contributed by atoms with van der Waals surface area (Å²) in [5.41, 5.74) is 4.45. The van der Waals surface area contributed by atoms with Crippen molar-refractivity contribution in [1.82, 2.24) is 9.88 Å². The normalized spacial score (nSPS) is 10.7. The molecule has 130 valence electrons. The number of aromatic nitrogens is 1. The maximum absolute atomic E-state index is 10.9. The summed E-state index contributed by atoms with van der Waals surface area (Å²) in [5, 5.41) is 11.3. The van der Waals surface area contributed by atoms with Crippen molar-refractivity contribution in [1.29, 1.82) is 0 Å². The van der Waals surface area contributed by atoms with Crippen molar-refractivity contribution in [2.24, 2.45) is 4.99 Å². The third kappa shape index (κ3) is 5.14. The summed E-state index contributed by atoms with van der Waals surface area (Å²) in [6, 6.07) is 4.17. The number of rotatable bonds is 6. The lowest BCUT2D eigenvalue weighted by Crippen LogP contribution is -2.14. The third-order valence-corrected chi connectivity index (χ3v) is 4.51. The molecular formula is C17H22BrN3O2S. The van der Waals surface area contributed by atoms with Gasteiger partial charge >= 0.3 is 5.97 Å². The number of carboxylic acids is 1. The number of aliphatic imine (C=N–C) groups is 1. The van der Waals surface area contributed by atoms with Crippen LogP contribution in [-0.4, -0.2) is 40.9 Å². The monoisotopic (exact) mass is 411 g/mol. The Kier molecular flexibility index (Phi) is 7.57. The molecule has 0 atom stereocenters. The van der Waals surface area contributed by atoms with E-state index in [9.17, 15) is 4.79 Å². The Morgan fingerprint density at radius 3 is 2.67 bits per heavy atom. The van der Waals surface area contributed by atoms with Crippen LogP contribution in [0, 0.1) is 13.8 Å². The first-order valence-corrected chi connectivity index (χ1v) is 8.31. The average Bonchev–Trinajstić information content (AvgIpc) is 2.97. The lowest BCUT2D eigenvalue weighted by atomic mass is 10.0. The van der Waals surface area contributed by atoms with E-state index in [0.717, 1.165) is 33.9 Å². The molecule has 0 aliphatic heterocycles. The Morgan fingerprint density at radius 2 is 2.08 bits per heavy atom. The highest BCUT2D eigenvalue weighted by Gasteiger charge is 2.11. The predicted molar refractivity (Wildman–Crippen MR) is 105 cm³/mol. The van der Waals surface area contributed by atoms with Gasteiger partial charge in [-0.2, -0.15) is 0 Å². The molecule has 7 heteroatoms. The van der Waals surface area contributed by atoms with Gasteiger partial charge in [0.25, 0.3) is 0 Å². The standard InChI is InChI=1S/C17H21N3O2S.BrH/c1-5-20(4)10-18-14-7-11(2)13(6-12(14)3)8-16-19-15(9-23-16)17(21)22;/h6-7,9-10H,5,8H2,1-4H3,(H,21,22);1H/b18-10+;. The van der Waals surface area contributed by atoms with Crippen LogP contribution in [0.4, 0.5) is 5.69 Å². The summed E-state index contributed by atoms with van der Waals surface area (Å²) in [7, 11) is 1.99. The Labute approximate surface area is 156 Å². The summed E-state index contributed by atoms with van der Waals surface area (Å²) in [6.45, 7) is 7.07. The zero-order chi connectivity index (χ0) is 17.0. The van der Waals surface area contributed by atoms with E-state index in [4.69, 9.17) is 5.11 Å². The topological polar surface area (TPSA) is 65.8 Å². The van der Waals surface area contributed by atoms with Crippen LogP contribution in [0.15, 0.2) is 22.5 Å². The van der Waals surface area contributed by atoms with E-state index in [0.29, 0.717) is 6.42 Å². The van der Waals surface area contributed by atoms with E-state index >= 15 is 0 Å². The van der Waals surface area contributed by atoms with Gasteiger partial charge in [0.15, 0.2) is 5.69 Å². The fourth-order valence-corrected chi connectivity index (χ4v) is 2.88. The minimum atomic E-state index is -0.981. The molecule has 2 aromatic rings. The van der Waals surface area contributed by atoms with Gasteiger partial charge in [0, 0.05) is 25.4 Å². The van der Waals surface area contributed by atoms with Gasteiger partial charge in [0.1, 0.15) is 0 Å². The summed E-state index contributed by atoms with van der Waals surface area (Å²) < 4.78 is 0. The number of carboxylic acid groups (broad SMARTS) is 1. The number of nitrogens with zero attached hydrogens (tertiary/aromatic N) is 3. The first kappa shape index (κ1) is 20.3. The molecule has 0 saturated heterocycles. The molecule has 0 fully saturated rings. The number of hydrogen-bond donors (Lipinski definition) is 1. The van der Waals surface area contributed by atoms with Gasteiger partial charge in [-0.1, -0.05) is 6.07 Å². The fourth-order valence-electron chi connectivity index (χ4n) is 2.09.